The second-order valence-electron chi connectivity index (χ2n) is 6.27. The Morgan fingerprint density at radius 2 is 2.00 bits per heavy atom. The minimum atomic E-state index is -0.521. The van der Waals surface area contributed by atoms with Gasteiger partial charge in [0.15, 0.2) is 0 Å². The summed E-state index contributed by atoms with van der Waals surface area (Å²) in [6.07, 6.45) is 2.47. The van der Waals surface area contributed by atoms with Crippen molar-refractivity contribution >= 4 is 5.91 Å². The van der Waals surface area contributed by atoms with E-state index in [1.165, 1.54) is 11.1 Å². The summed E-state index contributed by atoms with van der Waals surface area (Å²) in [5.74, 6) is 0.00158. The molecule has 3 rings (SSSR count). The number of carbonyl (C=O) groups excluding carboxylic acids is 1. The summed E-state index contributed by atoms with van der Waals surface area (Å²) in [7, 11) is 1.82. The van der Waals surface area contributed by atoms with Crippen molar-refractivity contribution in [3.63, 3.8) is 0 Å². The summed E-state index contributed by atoms with van der Waals surface area (Å²) >= 11 is 0. The van der Waals surface area contributed by atoms with Crippen LogP contribution < -0.4 is 11.2 Å². The standard InChI is InChI=1S/C18H21N3O3/c1-11-13(17(23)20-18(24)19-11)8-10-16(22)21(2)15-9-7-12-5-3-4-6-14(12)15/h3-6,15H,7-10H2,1-2H3,(H2,19,20,23,24)/t15-/m0/s1. The first-order chi connectivity index (χ1) is 11.5. The monoisotopic (exact) mass is 327 g/mol. The molecule has 0 spiro atoms. The minimum absolute atomic E-state index is 0.00158. The molecule has 24 heavy (non-hydrogen) atoms. The lowest BCUT2D eigenvalue weighted by atomic mass is 10.1. The Balaban J connectivity index is 1.70. The summed E-state index contributed by atoms with van der Waals surface area (Å²) < 4.78 is 0. The number of hydrogen-bond acceptors (Lipinski definition) is 3. The number of nitrogens with zero attached hydrogens (tertiary/aromatic N) is 1. The summed E-state index contributed by atoms with van der Waals surface area (Å²) in [4.78, 5) is 42.2. The Labute approximate surface area is 139 Å². The normalized spacial score (nSPS) is 16.0. The van der Waals surface area contributed by atoms with Crippen LogP contribution in [0.4, 0.5) is 0 Å². The molecule has 0 radical (unpaired) electrons. The molecule has 1 aliphatic carbocycles. The number of aryl methyl sites for hydroxylation is 2. The van der Waals surface area contributed by atoms with Gasteiger partial charge >= 0.3 is 5.69 Å². The van der Waals surface area contributed by atoms with E-state index in [0.29, 0.717) is 17.7 Å². The quantitative estimate of drug-likeness (QED) is 0.891. The van der Waals surface area contributed by atoms with Gasteiger partial charge in [-0.2, -0.15) is 0 Å². The van der Waals surface area contributed by atoms with Gasteiger partial charge in [-0.25, -0.2) is 4.79 Å². The molecule has 126 valence electrons. The van der Waals surface area contributed by atoms with E-state index in [9.17, 15) is 14.4 Å². The van der Waals surface area contributed by atoms with E-state index in [0.717, 1.165) is 12.8 Å². The zero-order valence-electron chi connectivity index (χ0n) is 13.9. The first kappa shape index (κ1) is 16.2. The molecule has 0 bridgehead atoms. The number of aromatic amines is 2. The molecule has 0 saturated heterocycles. The number of aromatic nitrogens is 2. The number of hydrogen-bond donors (Lipinski definition) is 2. The fraction of sp³-hybridized carbons (Fsp3) is 0.389. The lowest BCUT2D eigenvalue weighted by molar-refractivity contribution is -0.132. The molecule has 1 heterocycles. The molecule has 0 fully saturated rings. The lowest BCUT2D eigenvalue weighted by Crippen LogP contribution is -2.32. The van der Waals surface area contributed by atoms with Crippen LogP contribution >= 0.6 is 0 Å². The van der Waals surface area contributed by atoms with Crippen LogP contribution in [-0.4, -0.2) is 27.8 Å². The van der Waals surface area contributed by atoms with Gasteiger partial charge < -0.3 is 9.88 Å². The third-order valence-corrected chi connectivity index (χ3v) is 4.81. The van der Waals surface area contributed by atoms with Gasteiger partial charge in [-0.05, 0) is 37.3 Å². The van der Waals surface area contributed by atoms with Gasteiger partial charge in [0.1, 0.15) is 0 Å². The Morgan fingerprint density at radius 1 is 1.25 bits per heavy atom. The van der Waals surface area contributed by atoms with Gasteiger partial charge in [0, 0.05) is 24.7 Å². The maximum atomic E-state index is 12.5. The lowest BCUT2D eigenvalue weighted by Gasteiger charge is -2.25. The molecule has 0 saturated carbocycles. The molecule has 0 aliphatic heterocycles. The molecule has 2 aromatic rings. The average Bonchev–Trinajstić information content (AvgIpc) is 2.96. The van der Waals surface area contributed by atoms with E-state index in [1.54, 1.807) is 11.8 Å². The molecule has 1 amide bonds. The highest BCUT2D eigenvalue weighted by atomic mass is 16.2. The van der Waals surface area contributed by atoms with Crippen LogP contribution in [0.1, 0.15) is 41.3 Å². The molecule has 1 atom stereocenters. The second kappa shape index (κ2) is 6.47. The van der Waals surface area contributed by atoms with Crippen molar-refractivity contribution in [3.8, 4) is 0 Å². The van der Waals surface area contributed by atoms with Crippen molar-refractivity contribution < 1.29 is 4.79 Å². The second-order valence-corrected chi connectivity index (χ2v) is 6.27. The van der Waals surface area contributed by atoms with Gasteiger partial charge in [0.2, 0.25) is 5.91 Å². The Kier molecular flexibility index (Phi) is 4.38. The van der Waals surface area contributed by atoms with Gasteiger partial charge in [0.25, 0.3) is 5.56 Å². The van der Waals surface area contributed by atoms with Crippen molar-refractivity contribution in [2.45, 2.75) is 38.6 Å². The molecule has 2 N–H and O–H groups in total. The fourth-order valence-electron chi connectivity index (χ4n) is 3.45. The first-order valence-electron chi connectivity index (χ1n) is 8.13. The van der Waals surface area contributed by atoms with Crippen molar-refractivity contribution in [1.29, 1.82) is 0 Å². The molecular formula is C18H21N3O3. The van der Waals surface area contributed by atoms with E-state index >= 15 is 0 Å². The molecule has 1 aromatic heterocycles. The van der Waals surface area contributed by atoms with Crippen LogP contribution in [0.25, 0.3) is 0 Å². The van der Waals surface area contributed by atoms with Crippen LogP contribution in [0.15, 0.2) is 33.9 Å². The maximum absolute atomic E-state index is 12.5. The fourth-order valence-corrected chi connectivity index (χ4v) is 3.45. The van der Waals surface area contributed by atoms with Gasteiger partial charge in [-0.15, -0.1) is 0 Å². The summed E-state index contributed by atoms with van der Waals surface area (Å²) in [6, 6.07) is 8.31. The highest BCUT2D eigenvalue weighted by Gasteiger charge is 2.28. The zero-order chi connectivity index (χ0) is 17.3. The number of benzene rings is 1. The molecular weight excluding hydrogens is 306 g/mol. The van der Waals surface area contributed by atoms with E-state index in [2.05, 4.69) is 22.1 Å². The molecule has 0 unspecified atom stereocenters. The van der Waals surface area contributed by atoms with Crippen molar-refractivity contribution in [3.05, 3.63) is 67.5 Å². The molecule has 1 aliphatic rings. The topological polar surface area (TPSA) is 86.0 Å². The van der Waals surface area contributed by atoms with Crippen molar-refractivity contribution in [2.24, 2.45) is 0 Å². The Hall–Kier alpha value is -2.63. The smallest absolute Gasteiger partial charge is 0.325 e. The highest BCUT2D eigenvalue weighted by molar-refractivity contribution is 5.77. The highest BCUT2D eigenvalue weighted by Crippen LogP contribution is 2.35. The number of amides is 1. The van der Waals surface area contributed by atoms with Gasteiger partial charge in [0.05, 0.1) is 6.04 Å². The number of rotatable bonds is 4. The zero-order valence-corrected chi connectivity index (χ0v) is 13.9. The number of H-pyrrole nitrogens is 2. The summed E-state index contributed by atoms with van der Waals surface area (Å²) in [5, 5.41) is 0. The largest absolute Gasteiger partial charge is 0.339 e. The first-order valence-corrected chi connectivity index (χ1v) is 8.13. The van der Waals surface area contributed by atoms with E-state index in [4.69, 9.17) is 0 Å². The van der Waals surface area contributed by atoms with Crippen LogP contribution in [0.3, 0.4) is 0 Å². The van der Waals surface area contributed by atoms with Gasteiger partial charge in [-0.3, -0.25) is 14.6 Å². The van der Waals surface area contributed by atoms with Crippen molar-refractivity contribution in [2.75, 3.05) is 7.05 Å². The van der Waals surface area contributed by atoms with Crippen molar-refractivity contribution in [1.82, 2.24) is 14.9 Å². The maximum Gasteiger partial charge on any atom is 0.325 e. The van der Waals surface area contributed by atoms with E-state index in [1.807, 2.05) is 19.2 Å². The summed E-state index contributed by atoms with van der Waals surface area (Å²) in [5.41, 5.74) is 2.56. The van der Waals surface area contributed by atoms with Gasteiger partial charge in [-0.1, -0.05) is 24.3 Å². The summed E-state index contributed by atoms with van der Waals surface area (Å²) in [6.45, 7) is 1.67. The van der Waals surface area contributed by atoms with Crippen LogP contribution in [-0.2, 0) is 17.6 Å². The third-order valence-electron chi connectivity index (χ3n) is 4.81. The number of nitrogens with one attached hydrogen (secondary N) is 2. The Morgan fingerprint density at radius 3 is 2.75 bits per heavy atom. The molecule has 1 aromatic carbocycles. The van der Waals surface area contributed by atoms with Crippen LogP contribution in [0.2, 0.25) is 0 Å². The molecule has 6 nitrogen and oxygen atoms in total. The number of fused-ring (bicyclic) bond motifs is 1. The molecule has 6 heteroatoms. The SMILES string of the molecule is Cc1[nH]c(=O)[nH]c(=O)c1CCC(=O)N(C)[C@H]1CCc2ccccc21. The predicted octanol–water partition coefficient (Wildman–Crippen LogP) is 1.45. The van der Waals surface area contributed by atoms with Crippen LogP contribution in [0.5, 0.6) is 0 Å². The number of carbonyl (C=O) groups is 1. The van der Waals surface area contributed by atoms with E-state index in [-0.39, 0.29) is 18.4 Å². The van der Waals surface area contributed by atoms with Crippen LogP contribution in [0, 0.1) is 6.92 Å². The predicted molar refractivity (Wildman–Crippen MR) is 91.0 cm³/mol. The Bertz CT molecular complexity index is 882. The average molecular weight is 327 g/mol. The minimum Gasteiger partial charge on any atom is -0.339 e. The third kappa shape index (κ3) is 3.04. The van der Waals surface area contributed by atoms with E-state index < -0.39 is 11.2 Å².